The van der Waals surface area contributed by atoms with Crippen LogP contribution in [0, 0.1) is 0 Å². The lowest BCUT2D eigenvalue weighted by molar-refractivity contribution is 0.0734. The Bertz CT molecular complexity index is 3920. The molecule has 11 aromatic rings. The quantitative estimate of drug-likeness (QED) is 0.0801. The van der Waals surface area contributed by atoms with Crippen LogP contribution in [0.1, 0.15) is 98.1 Å². The van der Waals surface area contributed by atoms with Gasteiger partial charge in [0.15, 0.2) is 0 Å². The number of anilines is 9. The summed E-state index contributed by atoms with van der Waals surface area (Å²) in [6, 6.07) is 92.8. The number of esters is 1. The second-order valence-corrected chi connectivity index (χ2v) is 23.4. The number of carbonyl (C=O) groups excluding carboxylic acids is 1. The van der Waals surface area contributed by atoms with Crippen molar-refractivity contribution in [3.05, 3.63) is 300 Å². The standard InChI is InChI=1S/C78H67N3O2/c1-8-53-29-30-56(52(2)3)47-71(53)54-33-41-66(42-34-54)83-76(82)55-31-35-61(36-32-55)81(64-39-45-69-67-43-37-62(48-72(67)77(4,5)74(69)50-64)79(57-21-13-9-14-22-57)58-23-15-10-16-24-58)65-40-46-70-68-44-38-63(49-73(68)78(6,7)75(70)51-65)80(59-25-17-11-18-26-59)60-27-19-12-20-28-60/h9-52H,8H2,1-7H3. The Balaban J connectivity index is 0.866. The summed E-state index contributed by atoms with van der Waals surface area (Å²) in [7, 11) is 0. The van der Waals surface area contributed by atoms with Crippen molar-refractivity contribution in [1.82, 2.24) is 0 Å². The molecule has 0 radical (unpaired) electrons. The molecule has 0 unspecified atom stereocenters. The molecule has 0 saturated heterocycles. The van der Waals surface area contributed by atoms with Gasteiger partial charge in [-0.1, -0.05) is 176 Å². The van der Waals surface area contributed by atoms with Crippen molar-refractivity contribution in [1.29, 1.82) is 0 Å². The topological polar surface area (TPSA) is 36.0 Å². The molecule has 406 valence electrons. The van der Waals surface area contributed by atoms with E-state index in [9.17, 15) is 4.79 Å². The summed E-state index contributed by atoms with van der Waals surface area (Å²) in [6.07, 6.45) is 0.936. The van der Waals surface area contributed by atoms with Crippen LogP contribution in [0.15, 0.2) is 261 Å². The molecule has 0 N–H and O–H groups in total. The van der Waals surface area contributed by atoms with E-state index in [1.807, 2.05) is 24.3 Å². The fraction of sp³-hybridized carbons (Fsp3) is 0.141. The minimum absolute atomic E-state index is 0.337. The number of nitrogens with zero attached hydrogens (tertiary/aromatic N) is 3. The second-order valence-electron chi connectivity index (χ2n) is 23.4. The summed E-state index contributed by atoms with van der Waals surface area (Å²) in [5.74, 6) is 0.525. The molecule has 0 saturated carbocycles. The van der Waals surface area contributed by atoms with E-state index in [0.29, 0.717) is 17.2 Å². The third kappa shape index (κ3) is 9.56. The van der Waals surface area contributed by atoms with Crippen molar-refractivity contribution in [3.63, 3.8) is 0 Å². The van der Waals surface area contributed by atoms with Crippen molar-refractivity contribution < 1.29 is 9.53 Å². The number of fused-ring (bicyclic) bond motifs is 6. The molecule has 0 atom stereocenters. The average molecular weight is 1080 g/mol. The highest BCUT2D eigenvalue weighted by atomic mass is 16.5. The molecule has 0 amide bonds. The first-order valence-corrected chi connectivity index (χ1v) is 29.1. The lowest BCUT2D eigenvalue weighted by Gasteiger charge is -2.30. The Labute approximate surface area is 489 Å². The molecule has 0 bridgehead atoms. The largest absolute Gasteiger partial charge is 0.423 e. The summed E-state index contributed by atoms with van der Waals surface area (Å²) in [4.78, 5) is 21.1. The Morgan fingerprint density at radius 3 is 1.06 bits per heavy atom. The zero-order chi connectivity index (χ0) is 57.0. The van der Waals surface area contributed by atoms with Gasteiger partial charge in [-0.05, 0) is 213 Å². The zero-order valence-electron chi connectivity index (χ0n) is 48.3. The summed E-state index contributed by atoms with van der Waals surface area (Å²) in [5, 5.41) is 0. The van der Waals surface area contributed by atoms with Crippen molar-refractivity contribution in [3.8, 4) is 39.1 Å². The predicted molar refractivity (Wildman–Crippen MR) is 346 cm³/mol. The number of hydrogen-bond donors (Lipinski definition) is 0. The van der Waals surface area contributed by atoms with Crippen LogP contribution in [0.2, 0.25) is 0 Å². The minimum atomic E-state index is -0.407. The fourth-order valence-corrected chi connectivity index (χ4v) is 12.8. The molecule has 83 heavy (non-hydrogen) atoms. The molecule has 0 spiro atoms. The van der Waals surface area contributed by atoms with E-state index in [2.05, 4.69) is 300 Å². The second kappa shape index (κ2) is 21.3. The Hall–Kier alpha value is -9.71. The molecule has 0 fully saturated rings. The maximum absolute atomic E-state index is 14.0. The first-order chi connectivity index (χ1) is 40.3. The minimum Gasteiger partial charge on any atom is -0.423 e. The van der Waals surface area contributed by atoms with Crippen LogP contribution >= 0.6 is 0 Å². The van der Waals surface area contributed by atoms with Crippen molar-refractivity contribution in [2.45, 2.75) is 71.6 Å². The predicted octanol–water partition coefficient (Wildman–Crippen LogP) is 21.3. The third-order valence-corrected chi connectivity index (χ3v) is 17.3. The molecule has 5 heteroatoms. The Morgan fingerprint density at radius 1 is 0.373 bits per heavy atom. The fourth-order valence-electron chi connectivity index (χ4n) is 12.8. The molecule has 2 aliphatic carbocycles. The molecule has 13 rings (SSSR count). The van der Waals surface area contributed by atoms with Crippen molar-refractivity contribution in [2.24, 2.45) is 0 Å². The average Bonchev–Trinajstić information content (AvgIpc) is 2.37. The highest BCUT2D eigenvalue weighted by Crippen LogP contribution is 2.55. The molecule has 5 nitrogen and oxygen atoms in total. The number of para-hydroxylation sites is 4. The van der Waals surface area contributed by atoms with E-state index in [1.165, 1.54) is 61.2 Å². The number of ether oxygens (including phenoxy) is 1. The Morgan fingerprint density at radius 2 is 0.711 bits per heavy atom. The zero-order valence-corrected chi connectivity index (χ0v) is 48.3. The maximum Gasteiger partial charge on any atom is 0.343 e. The lowest BCUT2D eigenvalue weighted by atomic mass is 9.81. The highest BCUT2D eigenvalue weighted by Gasteiger charge is 2.39. The van der Waals surface area contributed by atoms with Crippen LogP contribution < -0.4 is 19.4 Å². The summed E-state index contributed by atoms with van der Waals surface area (Å²) in [5.41, 5.74) is 24.4. The molecule has 2 aliphatic rings. The van der Waals surface area contributed by atoms with E-state index < -0.39 is 5.97 Å². The van der Waals surface area contributed by atoms with Crippen LogP contribution in [0.4, 0.5) is 51.2 Å². The Kier molecular flexibility index (Phi) is 13.5. The van der Waals surface area contributed by atoms with Gasteiger partial charge in [0.2, 0.25) is 0 Å². The molecule has 0 aliphatic heterocycles. The van der Waals surface area contributed by atoms with Gasteiger partial charge in [-0.25, -0.2) is 4.79 Å². The van der Waals surface area contributed by atoms with Gasteiger partial charge in [0, 0.05) is 62.0 Å². The van der Waals surface area contributed by atoms with Crippen LogP contribution in [0.25, 0.3) is 33.4 Å². The number of rotatable bonds is 14. The third-order valence-electron chi connectivity index (χ3n) is 17.3. The van der Waals surface area contributed by atoms with Crippen LogP contribution in [0.3, 0.4) is 0 Å². The molecule has 0 heterocycles. The summed E-state index contributed by atoms with van der Waals surface area (Å²) >= 11 is 0. The van der Waals surface area contributed by atoms with E-state index in [4.69, 9.17) is 4.74 Å². The number of benzene rings is 11. The van der Waals surface area contributed by atoms with E-state index in [1.54, 1.807) is 0 Å². The van der Waals surface area contributed by atoms with Gasteiger partial charge in [-0.3, -0.25) is 0 Å². The van der Waals surface area contributed by atoms with E-state index >= 15 is 0 Å². The van der Waals surface area contributed by atoms with E-state index in [0.717, 1.165) is 63.2 Å². The van der Waals surface area contributed by atoms with E-state index in [-0.39, 0.29) is 10.8 Å². The first-order valence-electron chi connectivity index (χ1n) is 29.1. The van der Waals surface area contributed by atoms with Gasteiger partial charge < -0.3 is 19.4 Å². The van der Waals surface area contributed by atoms with Crippen molar-refractivity contribution in [2.75, 3.05) is 14.7 Å². The van der Waals surface area contributed by atoms with Crippen LogP contribution in [-0.4, -0.2) is 5.97 Å². The lowest BCUT2D eigenvalue weighted by Crippen LogP contribution is -2.19. The molecule has 0 aromatic heterocycles. The summed E-state index contributed by atoms with van der Waals surface area (Å²) in [6.45, 7) is 16.0. The van der Waals surface area contributed by atoms with Crippen molar-refractivity contribution >= 4 is 57.2 Å². The summed E-state index contributed by atoms with van der Waals surface area (Å²) < 4.78 is 6.08. The van der Waals surface area contributed by atoms with Crippen LogP contribution in [0.5, 0.6) is 5.75 Å². The van der Waals surface area contributed by atoms with Gasteiger partial charge in [0.05, 0.1) is 5.56 Å². The first kappa shape index (κ1) is 52.7. The smallest absolute Gasteiger partial charge is 0.343 e. The molecule has 11 aromatic carbocycles. The normalized spacial score (nSPS) is 13.2. The highest BCUT2D eigenvalue weighted by molar-refractivity contribution is 5.94. The van der Waals surface area contributed by atoms with Gasteiger partial charge in [-0.2, -0.15) is 0 Å². The molecular formula is C78H67N3O2. The number of carbonyl (C=O) groups is 1. The number of aryl methyl sites for hydroxylation is 1. The maximum atomic E-state index is 14.0. The van der Waals surface area contributed by atoms with Gasteiger partial charge in [0.25, 0.3) is 0 Å². The number of hydrogen-bond acceptors (Lipinski definition) is 5. The SMILES string of the molecule is CCc1ccc(C(C)C)cc1-c1ccc(OC(=O)c2ccc(N(c3ccc4c(c3)C(C)(C)c3cc(N(c5ccccc5)c5ccccc5)ccc3-4)c3ccc4c(c3)C(C)(C)c3cc(N(c5ccccc5)c5ccccc5)ccc3-4)cc2)cc1. The van der Waals surface area contributed by atoms with Gasteiger partial charge >= 0.3 is 5.97 Å². The molecular weight excluding hydrogens is 1010 g/mol. The van der Waals surface area contributed by atoms with Gasteiger partial charge in [-0.15, -0.1) is 0 Å². The monoisotopic (exact) mass is 1080 g/mol. The van der Waals surface area contributed by atoms with Crippen LogP contribution in [-0.2, 0) is 17.3 Å². The van der Waals surface area contributed by atoms with Gasteiger partial charge in [0.1, 0.15) is 5.75 Å².